The van der Waals surface area contributed by atoms with Crippen LogP contribution in [-0.2, 0) is 4.79 Å². The van der Waals surface area contributed by atoms with Crippen LogP contribution in [0.2, 0.25) is 5.02 Å². The maximum absolute atomic E-state index is 11.0. The summed E-state index contributed by atoms with van der Waals surface area (Å²) in [5.74, 6) is -0.229. The van der Waals surface area contributed by atoms with E-state index in [0.717, 1.165) is 0 Å². The van der Waals surface area contributed by atoms with Crippen LogP contribution in [0.5, 0.6) is 11.5 Å². The van der Waals surface area contributed by atoms with Crippen molar-refractivity contribution in [2.75, 3.05) is 7.11 Å². The smallest absolute Gasteiger partial charge is 0.345 e. The zero-order valence-corrected chi connectivity index (χ0v) is 10.7. The van der Waals surface area contributed by atoms with E-state index in [2.05, 4.69) is 0 Å². The number of rotatable bonds is 5. The van der Waals surface area contributed by atoms with Gasteiger partial charge in [0.1, 0.15) is 11.5 Å². The first-order valence-corrected chi connectivity index (χ1v) is 5.56. The van der Waals surface area contributed by atoms with Crippen LogP contribution in [0.4, 0.5) is 0 Å². The topological polar surface area (TPSA) is 55.8 Å². The molecule has 94 valence electrons. The van der Waals surface area contributed by atoms with E-state index in [1.165, 1.54) is 7.11 Å². The van der Waals surface area contributed by atoms with E-state index < -0.39 is 12.1 Å². The Morgan fingerprint density at radius 2 is 1.88 bits per heavy atom. The first-order chi connectivity index (χ1) is 7.93. The fourth-order valence-corrected chi connectivity index (χ4v) is 1.56. The highest BCUT2D eigenvalue weighted by Crippen LogP contribution is 2.27. The largest absolute Gasteiger partial charge is 0.497 e. The summed E-state index contributed by atoms with van der Waals surface area (Å²) in [4.78, 5) is 11.0. The second-order valence-electron chi connectivity index (χ2n) is 3.95. The van der Waals surface area contributed by atoms with E-state index in [0.29, 0.717) is 16.5 Å². The maximum atomic E-state index is 11.0. The molecule has 1 unspecified atom stereocenters. The van der Waals surface area contributed by atoms with Gasteiger partial charge in [-0.15, -0.1) is 0 Å². The number of hydrogen-bond acceptors (Lipinski definition) is 3. The van der Waals surface area contributed by atoms with E-state index in [-0.39, 0.29) is 5.92 Å². The molecular formula is C12H15ClO4. The van der Waals surface area contributed by atoms with Crippen molar-refractivity contribution >= 4 is 17.6 Å². The molecular weight excluding hydrogens is 244 g/mol. The Labute approximate surface area is 105 Å². The SMILES string of the molecule is COc1cc(Cl)cc(OC(C(=O)O)C(C)C)c1. The van der Waals surface area contributed by atoms with Crippen LogP contribution in [0.3, 0.4) is 0 Å². The minimum Gasteiger partial charge on any atom is -0.497 e. The molecule has 0 aromatic heterocycles. The molecule has 0 spiro atoms. The standard InChI is InChI=1S/C12H15ClO4/c1-7(2)11(12(14)15)17-10-5-8(13)4-9(6-10)16-3/h4-7,11H,1-3H3,(H,14,15). The third kappa shape index (κ3) is 3.82. The lowest BCUT2D eigenvalue weighted by molar-refractivity contribution is -0.147. The molecule has 4 nitrogen and oxygen atoms in total. The van der Waals surface area contributed by atoms with Gasteiger partial charge in [-0.2, -0.15) is 0 Å². The maximum Gasteiger partial charge on any atom is 0.345 e. The van der Waals surface area contributed by atoms with Crippen LogP contribution in [0, 0.1) is 5.92 Å². The highest BCUT2D eigenvalue weighted by molar-refractivity contribution is 6.30. The highest BCUT2D eigenvalue weighted by atomic mass is 35.5. The van der Waals surface area contributed by atoms with Gasteiger partial charge in [0.15, 0.2) is 6.10 Å². The van der Waals surface area contributed by atoms with Crippen molar-refractivity contribution in [2.24, 2.45) is 5.92 Å². The van der Waals surface area contributed by atoms with E-state index in [1.54, 1.807) is 32.0 Å². The van der Waals surface area contributed by atoms with Crippen LogP contribution in [0.25, 0.3) is 0 Å². The van der Waals surface area contributed by atoms with E-state index in [4.69, 9.17) is 26.2 Å². The molecule has 1 N–H and O–H groups in total. The number of halogens is 1. The van der Waals surface area contributed by atoms with Gasteiger partial charge in [0, 0.05) is 17.0 Å². The van der Waals surface area contributed by atoms with Crippen LogP contribution >= 0.6 is 11.6 Å². The second-order valence-corrected chi connectivity index (χ2v) is 4.38. The fourth-order valence-electron chi connectivity index (χ4n) is 1.34. The van der Waals surface area contributed by atoms with Gasteiger partial charge in [-0.1, -0.05) is 25.4 Å². The van der Waals surface area contributed by atoms with Crippen molar-refractivity contribution < 1.29 is 19.4 Å². The molecule has 1 rings (SSSR count). The van der Waals surface area contributed by atoms with Crippen molar-refractivity contribution in [3.05, 3.63) is 23.2 Å². The first kappa shape index (κ1) is 13.6. The molecule has 0 saturated carbocycles. The summed E-state index contributed by atoms with van der Waals surface area (Å²) in [5, 5.41) is 9.45. The molecule has 0 aliphatic rings. The number of ether oxygens (including phenoxy) is 2. The highest BCUT2D eigenvalue weighted by Gasteiger charge is 2.23. The third-order valence-electron chi connectivity index (χ3n) is 2.19. The molecule has 0 heterocycles. The molecule has 1 aromatic carbocycles. The number of carboxylic acids is 1. The summed E-state index contributed by atoms with van der Waals surface area (Å²) < 4.78 is 10.4. The molecule has 0 bridgehead atoms. The number of hydrogen-bond donors (Lipinski definition) is 1. The fraction of sp³-hybridized carbons (Fsp3) is 0.417. The Balaban J connectivity index is 2.93. The van der Waals surface area contributed by atoms with E-state index >= 15 is 0 Å². The molecule has 17 heavy (non-hydrogen) atoms. The number of aliphatic carboxylic acids is 1. The normalized spacial score (nSPS) is 12.3. The van der Waals surface area contributed by atoms with Gasteiger partial charge < -0.3 is 14.6 Å². The van der Waals surface area contributed by atoms with Gasteiger partial charge in [0.05, 0.1) is 7.11 Å². The van der Waals surface area contributed by atoms with Crippen molar-refractivity contribution in [1.29, 1.82) is 0 Å². The average molecular weight is 259 g/mol. The van der Waals surface area contributed by atoms with Crippen LogP contribution in [-0.4, -0.2) is 24.3 Å². The molecule has 5 heteroatoms. The van der Waals surface area contributed by atoms with Gasteiger partial charge in [0.25, 0.3) is 0 Å². The molecule has 0 aliphatic heterocycles. The average Bonchev–Trinajstić information content (AvgIpc) is 2.24. The Bertz CT molecular complexity index is 403. The molecule has 0 radical (unpaired) electrons. The first-order valence-electron chi connectivity index (χ1n) is 5.18. The van der Waals surface area contributed by atoms with Crippen molar-refractivity contribution in [3.63, 3.8) is 0 Å². The summed E-state index contributed by atoms with van der Waals surface area (Å²) >= 11 is 5.86. The lowest BCUT2D eigenvalue weighted by Crippen LogP contribution is -2.32. The lowest BCUT2D eigenvalue weighted by Gasteiger charge is -2.18. The van der Waals surface area contributed by atoms with Crippen LogP contribution in [0.15, 0.2) is 18.2 Å². The molecule has 0 aliphatic carbocycles. The monoisotopic (exact) mass is 258 g/mol. The van der Waals surface area contributed by atoms with Crippen molar-refractivity contribution in [3.8, 4) is 11.5 Å². The molecule has 0 amide bonds. The predicted molar refractivity (Wildman–Crippen MR) is 64.9 cm³/mol. The Morgan fingerprint density at radius 1 is 1.29 bits per heavy atom. The minimum atomic E-state index is -1.00. The van der Waals surface area contributed by atoms with Crippen molar-refractivity contribution in [1.82, 2.24) is 0 Å². The Hall–Kier alpha value is -1.42. The zero-order valence-electron chi connectivity index (χ0n) is 9.94. The van der Waals surface area contributed by atoms with Gasteiger partial charge in [-0.25, -0.2) is 4.79 Å². The van der Waals surface area contributed by atoms with Gasteiger partial charge in [-0.3, -0.25) is 0 Å². The van der Waals surface area contributed by atoms with E-state index in [1.807, 2.05) is 0 Å². The quantitative estimate of drug-likeness (QED) is 0.882. The number of carboxylic acid groups (broad SMARTS) is 1. The number of carbonyl (C=O) groups is 1. The predicted octanol–water partition coefficient (Wildman–Crippen LogP) is 2.84. The van der Waals surface area contributed by atoms with Crippen LogP contribution in [0.1, 0.15) is 13.8 Å². The number of benzene rings is 1. The molecule has 1 aromatic rings. The summed E-state index contributed by atoms with van der Waals surface area (Å²) in [6, 6.07) is 4.78. The minimum absolute atomic E-state index is 0.141. The summed E-state index contributed by atoms with van der Waals surface area (Å²) in [6.45, 7) is 3.56. The van der Waals surface area contributed by atoms with Crippen LogP contribution < -0.4 is 9.47 Å². The van der Waals surface area contributed by atoms with Crippen molar-refractivity contribution in [2.45, 2.75) is 20.0 Å². The van der Waals surface area contributed by atoms with Gasteiger partial charge in [0.2, 0.25) is 0 Å². The van der Waals surface area contributed by atoms with E-state index in [9.17, 15) is 4.79 Å². The number of methoxy groups -OCH3 is 1. The molecule has 0 fully saturated rings. The summed E-state index contributed by atoms with van der Waals surface area (Å²) in [7, 11) is 1.51. The zero-order chi connectivity index (χ0) is 13.0. The third-order valence-corrected chi connectivity index (χ3v) is 2.41. The van der Waals surface area contributed by atoms with Gasteiger partial charge in [-0.05, 0) is 12.1 Å². The summed E-state index contributed by atoms with van der Waals surface area (Å²) in [5.41, 5.74) is 0. The Kier molecular flexibility index (Phi) is 4.63. The second kappa shape index (κ2) is 5.77. The molecule has 1 atom stereocenters. The Morgan fingerprint density at radius 3 is 2.35 bits per heavy atom. The molecule has 0 saturated heterocycles. The summed E-state index contributed by atoms with van der Waals surface area (Å²) in [6.07, 6.45) is -0.904. The lowest BCUT2D eigenvalue weighted by atomic mass is 10.1. The van der Waals surface area contributed by atoms with Gasteiger partial charge >= 0.3 is 5.97 Å².